The molecule has 0 radical (unpaired) electrons. The van der Waals surface area contributed by atoms with Crippen molar-refractivity contribution in [2.45, 2.75) is 25.8 Å². The molecule has 0 bridgehead atoms. The number of aromatic nitrogens is 2. The Morgan fingerprint density at radius 3 is 3.05 bits per heavy atom. The van der Waals surface area contributed by atoms with Crippen LogP contribution in [0.25, 0.3) is 10.9 Å². The highest BCUT2D eigenvalue weighted by Crippen LogP contribution is 2.17. The molecule has 2 heterocycles. The molecular weight excluding hydrogens is 278 g/mol. The SMILES string of the molecule is C=CCN(C)C(=O)c1ccc2c(=O)n3c(nc2c1)CCCC3. The van der Waals surface area contributed by atoms with Crippen molar-refractivity contribution in [2.75, 3.05) is 13.6 Å². The van der Waals surface area contributed by atoms with Gasteiger partial charge >= 0.3 is 0 Å². The molecule has 1 aliphatic heterocycles. The van der Waals surface area contributed by atoms with Gasteiger partial charge in [-0.2, -0.15) is 0 Å². The third kappa shape index (κ3) is 2.43. The van der Waals surface area contributed by atoms with Gasteiger partial charge in [0.25, 0.3) is 11.5 Å². The van der Waals surface area contributed by atoms with Crippen LogP contribution in [0.2, 0.25) is 0 Å². The lowest BCUT2D eigenvalue weighted by Gasteiger charge is -2.18. The summed E-state index contributed by atoms with van der Waals surface area (Å²) in [5.74, 6) is 0.731. The van der Waals surface area contributed by atoms with E-state index >= 15 is 0 Å². The normalized spacial score (nSPS) is 13.7. The Bertz CT molecular complexity index is 807. The molecule has 1 aromatic carbocycles. The third-order valence-corrected chi connectivity index (χ3v) is 4.06. The van der Waals surface area contributed by atoms with Crippen LogP contribution in [0.1, 0.15) is 29.0 Å². The fourth-order valence-electron chi connectivity index (χ4n) is 2.87. The third-order valence-electron chi connectivity index (χ3n) is 4.06. The lowest BCUT2D eigenvalue weighted by molar-refractivity contribution is 0.0810. The van der Waals surface area contributed by atoms with Crippen molar-refractivity contribution in [3.05, 3.63) is 52.6 Å². The second-order valence-electron chi connectivity index (χ2n) is 5.65. The van der Waals surface area contributed by atoms with E-state index in [-0.39, 0.29) is 11.5 Å². The van der Waals surface area contributed by atoms with E-state index in [1.54, 1.807) is 40.8 Å². The van der Waals surface area contributed by atoms with Gasteiger partial charge in [-0.15, -0.1) is 6.58 Å². The number of carbonyl (C=O) groups excluding carboxylic acids is 1. The summed E-state index contributed by atoms with van der Waals surface area (Å²) in [5.41, 5.74) is 1.15. The van der Waals surface area contributed by atoms with Crippen LogP contribution in [0.3, 0.4) is 0 Å². The fraction of sp³-hybridized carbons (Fsp3) is 0.353. The number of hydrogen-bond donors (Lipinski definition) is 0. The van der Waals surface area contributed by atoms with E-state index in [1.807, 2.05) is 0 Å². The summed E-state index contributed by atoms with van der Waals surface area (Å²) >= 11 is 0. The van der Waals surface area contributed by atoms with Gasteiger partial charge in [-0.25, -0.2) is 4.98 Å². The average molecular weight is 297 g/mol. The minimum atomic E-state index is -0.0959. The van der Waals surface area contributed by atoms with E-state index in [4.69, 9.17) is 0 Å². The molecule has 0 aliphatic carbocycles. The van der Waals surface area contributed by atoms with Crippen LogP contribution in [0, 0.1) is 0 Å². The van der Waals surface area contributed by atoms with Gasteiger partial charge in [0, 0.05) is 32.1 Å². The van der Waals surface area contributed by atoms with E-state index in [0.29, 0.717) is 23.0 Å². The van der Waals surface area contributed by atoms with Crippen molar-refractivity contribution < 1.29 is 4.79 Å². The first-order valence-electron chi connectivity index (χ1n) is 7.51. The van der Waals surface area contributed by atoms with Crippen LogP contribution in [0.15, 0.2) is 35.6 Å². The lowest BCUT2D eigenvalue weighted by atomic mass is 10.1. The number of nitrogens with zero attached hydrogens (tertiary/aromatic N) is 3. The topological polar surface area (TPSA) is 55.2 Å². The van der Waals surface area contributed by atoms with Gasteiger partial charge in [-0.3, -0.25) is 14.2 Å². The second kappa shape index (κ2) is 5.75. The molecule has 5 nitrogen and oxygen atoms in total. The maximum atomic E-state index is 12.5. The molecule has 114 valence electrons. The van der Waals surface area contributed by atoms with Gasteiger partial charge in [0.15, 0.2) is 0 Å². The minimum absolute atomic E-state index is 0.00172. The number of hydrogen-bond acceptors (Lipinski definition) is 3. The largest absolute Gasteiger partial charge is 0.338 e. The summed E-state index contributed by atoms with van der Waals surface area (Å²) in [4.78, 5) is 31.0. The van der Waals surface area contributed by atoms with Crippen molar-refractivity contribution in [3.63, 3.8) is 0 Å². The number of fused-ring (bicyclic) bond motifs is 2. The molecule has 1 amide bonds. The molecule has 0 saturated heterocycles. The van der Waals surface area contributed by atoms with Gasteiger partial charge in [0.1, 0.15) is 5.82 Å². The summed E-state index contributed by atoms with van der Waals surface area (Å²) in [6.07, 6.45) is 4.57. The van der Waals surface area contributed by atoms with Crippen molar-refractivity contribution in [1.29, 1.82) is 0 Å². The Kier molecular flexibility index (Phi) is 3.79. The first-order valence-corrected chi connectivity index (χ1v) is 7.51. The monoisotopic (exact) mass is 297 g/mol. The van der Waals surface area contributed by atoms with Crippen LogP contribution in [0.4, 0.5) is 0 Å². The Morgan fingerprint density at radius 1 is 1.45 bits per heavy atom. The van der Waals surface area contributed by atoms with Crippen molar-refractivity contribution in [1.82, 2.24) is 14.5 Å². The maximum absolute atomic E-state index is 12.5. The Labute approximate surface area is 128 Å². The zero-order chi connectivity index (χ0) is 15.7. The molecule has 3 rings (SSSR count). The van der Waals surface area contributed by atoms with Gasteiger partial charge in [-0.1, -0.05) is 6.08 Å². The van der Waals surface area contributed by atoms with Crippen LogP contribution >= 0.6 is 0 Å². The second-order valence-corrected chi connectivity index (χ2v) is 5.65. The highest BCUT2D eigenvalue weighted by atomic mass is 16.2. The Balaban J connectivity index is 2.08. The average Bonchev–Trinajstić information content (AvgIpc) is 2.54. The van der Waals surface area contributed by atoms with E-state index in [0.717, 1.165) is 31.6 Å². The van der Waals surface area contributed by atoms with Crippen molar-refractivity contribution in [2.24, 2.45) is 0 Å². The first kappa shape index (κ1) is 14.5. The number of carbonyl (C=O) groups is 1. The van der Waals surface area contributed by atoms with Crippen molar-refractivity contribution >= 4 is 16.8 Å². The van der Waals surface area contributed by atoms with E-state index in [2.05, 4.69) is 11.6 Å². The van der Waals surface area contributed by atoms with E-state index in [1.165, 1.54) is 0 Å². The van der Waals surface area contributed by atoms with E-state index < -0.39 is 0 Å². The number of amides is 1. The molecule has 2 aromatic rings. The smallest absolute Gasteiger partial charge is 0.261 e. The molecule has 0 N–H and O–H groups in total. The van der Waals surface area contributed by atoms with Gasteiger partial charge in [-0.05, 0) is 31.0 Å². The lowest BCUT2D eigenvalue weighted by Crippen LogP contribution is -2.29. The Morgan fingerprint density at radius 2 is 2.27 bits per heavy atom. The van der Waals surface area contributed by atoms with Crippen LogP contribution < -0.4 is 5.56 Å². The first-order chi connectivity index (χ1) is 10.6. The molecule has 0 unspecified atom stereocenters. The molecule has 22 heavy (non-hydrogen) atoms. The van der Waals surface area contributed by atoms with Crippen molar-refractivity contribution in [3.8, 4) is 0 Å². The zero-order valence-corrected chi connectivity index (χ0v) is 12.7. The molecular formula is C17H19N3O2. The quantitative estimate of drug-likeness (QED) is 0.814. The maximum Gasteiger partial charge on any atom is 0.261 e. The standard InChI is InChI=1S/C17H19N3O2/c1-3-9-19(2)16(21)12-7-8-13-14(11-12)18-15-6-4-5-10-20(15)17(13)22/h3,7-8,11H,1,4-6,9-10H2,2H3. The number of aryl methyl sites for hydroxylation is 1. The molecule has 0 fully saturated rings. The summed E-state index contributed by atoms with van der Waals surface area (Å²) in [7, 11) is 1.73. The van der Waals surface area contributed by atoms with Gasteiger partial charge < -0.3 is 4.90 Å². The number of rotatable bonds is 3. The predicted octanol–water partition coefficient (Wildman–Crippen LogP) is 1.99. The molecule has 0 saturated carbocycles. The number of likely N-dealkylation sites (N-methyl/N-ethyl adjacent to an activating group) is 1. The predicted molar refractivity (Wildman–Crippen MR) is 86.1 cm³/mol. The Hall–Kier alpha value is -2.43. The van der Waals surface area contributed by atoms with Gasteiger partial charge in [0.2, 0.25) is 0 Å². The molecule has 1 aromatic heterocycles. The summed E-state index contributed by atoms with van der Waals surface area (Å²) in [5, 5.41) is 0.577. The summed E-state index contributed by atoms with van der Waals surface area (Å²) < 4.78 is 1.76. The summed E-state index contributed by atoms with van der Waals surface area (Å²) in [6.45, 7) is 4.86. The van der Waals surface area contributed by atoms with E-state index in [9.17, 15) is 9.59 Å². The van der Waals surface area contributed by atoms with Gasteiger partial charge in [0.05, 0.1) is 10.9 Å². The zero-order valence-electron chi connectivity index (χ0n) is 12.7. The minimum Gasteiger partial charge on any atom is -0.338 e. The van der Waals surface area contributed by atoms with Crippen LogP contribution in [0.5, 0.6) is 0 Å². The van der Waals surface area contributed by atoms with Crippen LogP contribution in [-0.2, 0) is 13.0 Å². The molecule has 0 spiro atoms. The summed E-state index contributed by atoms with van der Waals surface area (Å²) in [6, 6.07) is 5.12. The highest BCUT2D eigenvalue weighted by Gasteiger charge is 2.17. The van der Waals surface area contributed by atoms with Crippen LogP contribution in [-0.4, -0.2) is 34.0 Å². The molecule has 1 aliphatic rings. The number of benzene rings is 1. The highest BCUT2D eigenvalue weighted by molar-refractivity contribution is 5.97. The molecule has 5 heteroatoms. The molecule has 0 atom stereocenters. The fourth-order valence-corrected chi connectivity index (χ4v) is 2.87.